The van der Waals surface area contributed by atoms with Crippen LogP contribution in [0.2, 0.25) is 0 Å². The average molecular weight is 357 g/mol. The van der Waals surface area contributed by atoms with Crippen LogP contribution in [0.15, 0.2) is 67.4 Å². The van der Waals surface area contributed by atoms with Crippen molar-refractivity contribution in [2.75, 3.05) is 0 Å². The zero-order valence-electron chi connectivity index (χ0n) is 14.4. The highest BCUT2D eigenvalue weighted by atomic mass is 16.4. The monoisotopic (exact) mass is 357 g/mol. The molecule has 27 heavy (non-hydrogen) atoms. The highest BCUT2D eigenvalue weighted by Gasteiger charge is 2.13. The molecule has 0 radical (unpaired) electrons. The molecule has 1 aromatic carbocycles. The van der Waals surface area contributed by atoms with E-state index in [1.54, 1.807) is 23.0 Å². The highest BCUT2D eigenvalue weighted by molar-refractivity contribution is 5.85. The quantitative estimate of drug-likeness (QED) is 0.602. The van der Waals surface area contributed by atoms with Gasteiger partial charge in [0, 0.05) is 35.8 Å². The minimum absolute atomic E-state index is 0.0478. The van der Waals surface area contributed by atoms with E-state index in [1.807, 2.05) is 43.3 Å². The van der Waals surface area contributed by atoms with E-state index in [0.717, 1.165) is 16.7 Å². The molecule has 0 amide bonds. The first-order valence-electron chi connectivity index (χ1n) is 8.24. The molecule has 0 saturated heterocycles. The first-order valence-corrected chi connectivity index (χ1v) is 8.24. The van der Waals surface area contributed by atoms with Crippen LogP contribution < -0.4 is 0 Å². The van der Waals surface area contributed by atoms with Gasteiger partial charge in [0.15, 0.2) is 11.5 Å². The molecule has 0 unspecified atom stereocenters. The van der Waals surface area contributed by atoms with Gasteiger partial charge in [-0.25, -0.2) is 19.7 Å². The summed E-state index contributed by atoms with van der Waals surface area (Å²) >= 11 is 0. The fourth-order valence-electron chi connectivity index (χ4n) is 2.62. The van der Waals surface area contributed by atoms with E-state index in [9.17, 15) is 4.79 Å². The maximum Gasteiger partial charge on any atom is 0.356 e. The van der Waals surface area contributed by atoms with Crippen molar-refractivity contribution in [3.63, 3.8) is 0 Å². The minimum atomic E-state index is -1.09. The molecular formula is C20H15N5O2. The molecule has 0 aliphatic carbocycles. The maximum atomic E-state index is 11.1. The minimum Gasteiger partial charge on any atom is -0.476 e. The van der Waals surface area contributed by atoms with Crippen LogP contribution in [0.4, 0.5) is 0 Å². The number of hydrogen-bond acceptors (Lipinski definition) is 5. The number of imidazole rings is 1. The fraction of sp³-hybridized carbons (Fsp3) is 0.0500. The smallest absolute Gasteiger partial charge is 0.356 e. The second-order valence-corrected chi connectivity index (χ2v) is 6.01. The van der Waals surface area contributed by atoms with Gasteiger partial charge in [0.25, 0.3) is 0 Å². The van der Waals surface area contributed by atoms with Gasteiger partial charge >= 0.3 is 5.97 Å². The van der Waals surface area contributed by atoms with Crippen LogP contribution in [0.25, 0.3) is 28.5 Å². The number of carbonyl (C=O) groups is 1. The van der Waals surface area contributed by atoms with Crippen LogP contribution in [-0.2, 0) is 0 Å². The van der Waals surface area contributed by atoms with Gasteiger partial charge in [-0.1, -0.05) is 29.8 Å². The third-order valence-electron chi connectivity index (χ3n) is 4.05. The van der Waals surface area contributed by atoms with Crippen molar-refractivity contribution < 1.29 is 9.90 Å². The van der Waals surface area contributed by atoms with Gasteiger partial charge in [0.05, 0.1) is 5.69 Å². The summed E-state index contributed by atoms with van der Waals surface area (Å²) in [7, 11) is 0. The number of aromatic carboxylic acids is 1. The highest BCUT2D eigenvalue weighted by Crippen LogP contribution is 2.24. The zero-order valence-corrected chi connectivity index (χ0v) is 14.4. The summed E-state index contributed by atoms with van der Waals surface area (Å²) in [6, 6.07) is 13.4. The Balaban J connectivity index is 1.88. The molecule has 3 heterocycles. The molecular weight excluding hydrogens is 342 g/mol. The third kappa shape index (κ3) is 3.43. The molecule has 4 rings (SSSR count). The number of hydrogen-bond donors (Lipinski definition) is 1. The van der Waals surface area contributed by atoms with E-state index in [4.69, 9.17) is 5.11 Å². The average Bonchev–Trinajstić information content (AvgIpc) is 3.20. The van der Waals surface area contributed by atoms with Crippen LogP contribution in [0.3, 0.4) is 0 Å². The second kappa shape index (κ2) is 6.80. The van der Waals surface area contributed by atoms with Gasteiger partial charge < -0.3 is 5.11 Å². The number of aromatic nitrogens is 5. The lowest BCUT2D eigenvalue weighted by molar-refractivity contribution is 0.0691. The van der Waals surface area contributed by atoms with Gasteiger partial charge in [0.1, 0.15) is 12.1 Å². The van der Waals surface area contributed by atoms with E-state index in [0.29, 0.717) is 17.3 Å². The summed E-state index contributed by atoms with van der Waals surface area (Å²) in [5.41, 5.74) is 3.49. The van der Waals surface area contributed by atoms with Crippen molar-refractivity contribution in [2.45, 2.75) is 6.92 Å². The van der Waals surface area contributed by atoms with Crippen molar-refractivity contribution in [1.29, 1.82) is 0 Å². The Morgan fingerprint density at radius 3 is 2.56 bits per heavy atom. The number of aryl methyl sites for hydroxylation is 1. The third-order valence-corrected chi connectivity index (χ3v) is 4.05. The first-order chi connectivity index (χ1) is 13.1. The molecule has 0 aliphatic rings. The Labute approximate surface area is 155 Å². The van der Waals surface area contributed by atoms with Gasteiger partial charge in [-0.15, -0.1) is 0 Å². The summed E-state index contributed by atoms with van der Waals surface area (Å²) < 4.78 is 1.57. The van der Waals surface area contributed by atoms with E-state index in [-0.39, 0.29) is 5.69 Å². The summed E-state index contributed by atoms with van der Waals surface area (Å²) in [5, 5.41) is 9.12. The van der Waals surface area contributed by atoms with E-state index < -0.39 is 5.97 Å². The molecule has 1 N–H and O–H groups in total. The predicted molar refractivity (Wildman–Crippen MR) is 99.5 cm³/mol. The number of rotatable bonds is 4. The Morgan fingerprint density at radius 1 is 1.07 bits per heavy atom. The largest absolute Gasteiger partial charge is 0.476 e. The number of nitrogens with zero attached hydrogens (tertiary/aromatic N) is 5. The number of benzene rings is 1. The summed E-state index contributed by atoms with van der Waals surface area (Å²) in [5.74, 6) is -0.0228. The second-order valence-electron chi connectivity index (χ2n) is 6.01. The van der Waals surface area contributed by atoms with Gasteiger partial charge in [-0.05, 0) is 19.1 Å². The molecule has 4 aromatic rings. The molecule has 0 aliphatic heterocycles. The van der Waals surface area contributed by atoms with Crippen LogP contribution in [0.1, 0.15) is 16.1 Å². The van der Waals surface area contributed by atoms with Crippen LogP contribution in [0, 0.1) is 6.92 Å². The first kappa shape index (κ1) is 16.6. The molecule has 7 nitrogen and oxygen atoms in total. The van der Waals surface area contributed by atoms with Crippen LogP contribution >= 0.6 is 0 Å². The van der Waals surface area contributed by atoms with Crippen molar-refractivity contribution in [2.24, 2.45) is 0 Å². The normalized spacial score (nSPS) is 10.7. The fourth-order valence-corrected chi connectivity index (χ4v) is 2.62. The summed E-state index contributed by atoms with van der Waals surface area (Å²) in [6.07, 6.45) is 6.28. The van der Waals surface area contributed by atoms with E-state index in [2.05, 4.69) is 19.9 Å². The SMILES string of the molecule is Cc1ccc(-c2nc(-c3cccnc3)cc(-n3cnc(C(=O)O)c3)n2)cc1. The Bertz CT molecular complexity index is 1100. The summed E-state index contributed by atoms with van der Waals surface area (Å²) in [6.45, 7) is 2.01. The van der Waals surface area contributed by atoms with Crippen LogP contribution in [0.5, 0.6) is 0 Å². The standard InChI is InChI=1S/C20H15N5O2/c1-13-4-6-14(7-5-13)19-23-16(15-3-2-8-21-10-15)9-18(24-19)25-11-17(20(26)27)22-12-25/h2-12H,1H3,(H,26,27). The van der Waals surface area contributed by atoms with Crippen LogP contribution in [-0.4, -0.2) is 35.6 Å². The summed E-state index contributed by atoms with van der Waals surface area (Å²) in [4.78, 5) is 28.5. The van der Waals surface area contributed by atoms with Gasteiger partial charge in [0.2, 0.25) is 0 Å². The van der Waals surface area contributed by atoms with Crippen molar-refractivity contribution in [3.8, 4) is 28.5 Å². The number of carboxylic acid groups (broad SMARTS) is 1. The molecule has 0 fully saturated rings. The zero-order chi connectivity index (χ0) is 18.8. The van der Waals surface area contributed by atoms with Crippen molar-refractivity contribution in [1.82, 2.24) is 24.5 Å². The molecule has 0 bridgehead atoms. The Hall–Kier alpha value is -3.87. The molecule has 0 spiro atoms. The van der Waals surface area contributed by atoms with E-state index >= 15 is 0 Å². The topological polar surface area (TPSA) is 93.8 Å². The van der Waals surface area contributed by atoms with Gasteiger partial charge in [-0.3, -0.25) is 9.55 Å². The maximum absolute atomic E-state index is 11.1. The van der Waals surface area contributed by atoms with Crippen molar-refractivity contribution in [3.05, 3.63) is 78.6 Å². The van der Waals surface area contributed by atoms with E-state index in [1.165, 1.54) is 12.5 Å². The lowest BCUT2D eigenvalue weighted by Gasteiger charge is -2.09. The van der Waals surface area contributed by atoms with Gasteiger partial charge in [-0.2, -0.15) is 0 Å². The Morgan fingerprint density at radius 2 is 1.89 bits per heavy atom. The molecule has 3 aromatic heterocycles. The Kier molecular flexibility index (Phi) is 4.18. The predicted octanol–water partition coefficient (Wildman–Crippen LogP) is 3.40. The number of pyridine rings is 1. The lowest BCUT2D eigenvalue weighted by atomic mass is 10.1. The lowest BCUT2D eigenvalue weighted by Crippen LogP contribution is -2.01. The molecule has 7 heteroatoms. The molecule has 132 valence electrons. The number of carboxylic acids is 1. The molecule has 0 atom stereocenters. The van der Waals surface area contributed by atoms with Crippen molar-refractivity contribution >= 4 is 5.97 Å². The molecule has 0 saturated carbocycles.